The molecule has 1 heterocycles. The van der Waals surface area contributed by atoms with Crippen molar-refractivity contribution in [1.29, 1.82) is 0 Å². The summed E-state index contributed by atoms with van der Waals surface area (Å²) < 4.78 is 0. The zero-order chi connectivity index (χ0) is 15.2. The van der Waals surface area contributed by atoms with Gasteiger partial charge in [0.05, 0.1) is 10.6 Å². The van der Waals surface area contributed by atoms with Crippen LogP contribution in [0.4, 0.5) is 5.69 Å². The lowest BCUT2D eigenvalue weighted by Gasteiger charge is -2.23. The van der Waals surface area contributed by atoms with Crippen LogP contribution < -0.4 is 4.90 Å². The topological polar surface area (TPSA) is 33.2 Å². The molecule has 0 unspecified atom stereocenters. The molecular weight excluding hydrogens is 307 g/mol. The van der Waals surface area contributed by atoms with Crippen molar-refractivity contribution >= 4 is 34.8 Å². The van der Waals surface area contributed by atoms with Crippen LogP contribution in [-0.4, -0.2) is 17.4 Å². The first-order chi connectivity index (χ1) is 10.1. The summed E-state index contributed by atoms with van der Waals surface area (Å²) in [5.74, 6) is -0.163. The van der Waals surface area contributed by atoms with E-state index in [2.05, 4.69) is 11.9 Å². The van der Waals surface area contributed by atoms with Crippen LogP contribution in [0.1, 0.15) is 30.1 Å². The van der Waals surface area contributed by atoms with Crippen molar-refractivity contribution in [2.45, 2.75) is 19.8 Å². The van der Waals surface area contributed by atoms with Gasteiger partial charge in [-0.05, 0) is 24.6 Å². The fourth-order valence-corrected chi connectivity index (χ4v) is 2.34. The number of halogens is 2. The summed E-state index contributed by atoms with van der Waals surface area (Å²) >= 11 is 12.0. The smallest absolute Gasteiger partial charge is 0.259 e. The molecule has 5 heteroatoms. The number of para-hydroxylation sites is 1. The first-order valence-corrected chi connectivity index (χ1v) is 7.57. The SMILES string of the molecule is CCCCN(C(=O)c1cc(Cl)ncc1Cl)c1ccccc1. The lowest BCUT2D eigenvalue weighted by Crippen LogP contribution is -2.32. The molecule has 0 aliphatic rings. The van der Waals surface area contributed by atoms with E-state index in [1.54, 1.807) is 4.90 Å². The molecule has 0 spiro atoms. The van der Waals surface area contributed by atoms with Gasteiger partial charge in [0, 0.05) is 18.4 Å². The first kappa shape index (κ1) is 15.8. The Bertz CT molecular complexity index is 617. The molecule has 21 heavy (non-hydrogen) atoms. The summed E-state index contributed by atoms with van der Waals surface area (Å²) in [5.41, 5.74) is 1.22. The maximum Gasteiger partial charge on any atom is 0.259 e. The zero-order valence-corrected chi connectivity index (χ0v) is 13.2. The summed E-state index contributed by atoms with van der Waals surface area (Å²) in [6.45, 7) is 2.72. The standard InChI is InChI=1S/C16H16Cl2N2O/c1-2-3-9-20(12-7-5-4-6-8-12)16(21)13-10-15(18)19-11-14(13)17/h4-8,10-11H,2-3,9H2,1H3. The first-order valence-electron chi connectivity index (χ1n) is 6.81. The molecule has 2 rings (SSSR count). The molecule has 1 amide bonds. The van der Waals surface area contributed by atoms with Crippen molar-refractivity contribution in [3.8, 4) is 0 Å². The lowest BCUT2D eigenvalue weighted by molar-refractivity contribution is 0.0986. The number of hydrogen-bond acceptors (Lipinski definition) is 2. The minimum atomic E-state index is -0.163. The molecule has 2 aromatic rings. The highest BCUT2D eigenvalue weighted by Crippen LogP contribution is 2.23. The Hall–Kier alpha value is -1.58. The number of hydrogen-bond donors (Lipinski definition) is 0. The van der Waals surface area contributed by atoms with Crippen molar-refractivity contribution in [3.63, 3.8) is 0 Å². The van der Waals surface area contributed by atoms with Crippen LogP contribution in [0.15, 0.2) is 42.6 Å². The van der Waals surface area contributed by atoms with Gasteiger partial charge in [-0.25, -0.2) is 4.98 Å². The number of carbonyl (C=O) groups excluding carboxylic acids is 1. The average Bonchev–Trinajstić information content (AvgIpc) is 2.51. The van der Waals surface area contributed by atoms with E-state index in [-0.39, 0.29) is 11.1 Å². The Labute approximate surface area is 134 Å². The summed E-state index contributed by atoms with van der Waals surface area (Å²) in [4.78, 5) is 18.4. The zero-order valence-electron chi connectivity index (χ0n) is 11.7. The van der Waals surface area contributed by atoms with Gasteiger partial charge in [-0.15, -0.1) is 0 Å². The van der Waals surface area contributed by atoms with Gasteiger partial charge in [-0.3, -0.25) is 4.79 Å². The van der Waals surface area contributed by atoms with Crippen LogP contribution >= 0.6 is 23.2 Å². The van der Waals surface area contributed by atoms with Gasteiger partial charge in [0.25, 0.3) is 5.91 Å². The maximum absolute atomic E-state index is 12.8. The predicted octanol–water partition coefficient (Wildman–Crippen LogP) is 4.84. The van der Waals surface area contributed by atoms with Crippen LogP contribution in [0.5, 0.6) is 0 Å². The number of unbranched alkanes of at least 4 members (excludes halogenated alkanes) is 1. The number of amides is 1. The van der Waals surface area contributed by atoms with E-state index in [9.17, 15) is 4.79 Å². The number of benzene rings is 1. The average molecular weight is 323 g/mol. The van der Waals surface area contributed by atoms with Crippen molar-refractivity contribution < 1.29 is 4.79 Å². The van der Waals surface area contributed by atoms with Gasteiger partial charge >= 0.3 is 0 Å². The van der Waals surface area contributed by atoms with Crippen LogP contribution in [0.3, 0.4) is 0 Å². The highest BCUT2D eigenvalue weighted by atomic mass is 35.5. The number of aromatic nitrogens is 1. The van der Waals surface area contributed by atoms with E-state index in [0.717, 1.165) is 18.5 Å². The molecule has 1 aromatic heterocycles. The van der Waals surface area contributed by atoms with E-state index in [4.69, 9.17) is 23.2 Å². The van der Waals surface area contributed by atoms with Gasteiger partial charge in [-0.1, -0.05) is 54.7 Å². The molecule has 0 saturated heterocycles. The second kappa shape index (κ2) is 7.43. The van der Waals surface area contributed by atoms with Crippen LogP contribution in [-0.2, 0) is 0 Å². The monoisotopic (exact) mass is 322 g/mol. The molecule has 3 nitrogen and oxygen atoms in total. The van der Waals surface area contributed by atoms with Crippen molar-refractivity contribution in [2.75, 3.05) is 11.4 Å². The second-order valence-electron chi connectivity index (χ2n) is 4.63. The van der Waals surface area contributed by atoms with Gasteiger partial charge in [0.1, 0.15) is 5.15 Å². The van der Waals surface area contributed by atoms with Gasteiger partial charge in [-0.2, -0.15) is 0 Å². The third kappa shape index (κ3) is 3.96. The lowest BCUT2D eigenvalue weighted by atomic mass is 10.2. The molecule has 0 saturated carbocycles. The van der Waals surface area contributed by atoms with Crippen LogP contribution in [0.2, 0.25) is 10.2 Å². The van der Waals surface area contributed by atoms with Gasteiger partial charge in [0.15, 0.2) is 0 Å². The Morgan fingerprint density at radius 1 is 1.24 bits per heavy atom. The summed E-state index contributed by atoms with van der Waals surface area (Å²) in [7, 11) is 0. The molecule has 0 atom stereocenters. The fraction of sp³-hybridized carbons (Fsp3) is 0.250. The Balaban J connectivity index is 2.36. The maximum atomic E-state index is 12.8. The molecule has 0 bridgehead atoms. The van der Waals surface area contributed by atoms with Crippen LogP contribution in [0.25, 0.3) is 0 Å². The largest absolute Gasteiger partial charge is 0.308 e. The quantitative estimate of drug-likeness (QED) is 0.738. The van der Waals surface area contributed by atoms with Crippen molar-refractivity contribution in [1.82, 2.24) is 4.98 Å². The van der Waals surface area contributed by atoms with Crippen LogP contribution in [0, 0.1) is 0 Å². The summed E-state index contributed by atoms with van der Waals surface area (Å²) in [5, 5.41) is 0.563. The Kier molecular flexibility index (Phi) is 5.59. The molecule has 0 aliphatic carbocycles. The third-order valence-electron chi connectivity index (χ3n) is 3.10. The summed E-state index contributed by atoms with van der Waals surface area (Å²) in [6.07, 6.45) is 3.32. The molecule has 0 fully saturated rings. The van der Waals surface area contributed by atoms with Crippen molar-refractivity contribution in [2.24, 2.45) is 0 Å². The fourth-order valence-electron chi connectivity index (χ4n) is 1.99. The summed E-state index contributed by atoms with van der Waals surface area (Å²) in [6, 6.07) is 11.1. The number of pyridine rings is 1. The molecule has 0 N–H and O–H groups in total. The van der Waals surface area contributed by atoms with E-state index >= 15 is 0 Å². The molecule has 0 radical (unpaired) electrons. The highest BCUT2D eigenvalue weighted by molar-refractivity contribution is 6.35. The number of anilines is 1. The normalized spacial score (nSPS) is 10.4. The number of nitrogens with zero attached hydrogens (tertiary/aromatic N) is 2. The number of rotatable bonds is 5. The van der Waals surface area contributed by atoms with E-state index in [0.29, 0.717) is 17.1 Å². The predicted molar refractivity (Wildman–Crippen MR) is 87.3 cm³/mol. The number of carbonyl (C=O) groups is 1. The minimum Gasteiger partial charge on any atom is -0.308 e. The minimum absolute atomic E-state index is 0.163. The second-order valence-corrected chi connectivity index (χ2v) is 5.43. The molecule has 110 valence electrons. The van der Waals surface area contributed by atoms with Gasteiger partial charge in [0.2, 0.25) is 0 Å². The third-order valence-corrected chi connectivity index (χ3v) is 3.61. The molecule has 0 aliphatic heterocycles. The van der Waals surface area contributed by atoms with E-state index in [1.807, 2.05) is 30.3 Å². The Morgan fingerprint density at radius 2 is 1.95 bits per heavy atom. The van der Waals surface area contributed by atoms with E-state index < -0.39 is 0 Å². The van der Waals surface area contributed by atoms with Gasteiger partial charge < -0.3 is 4.90 Å². The highest BCUT2D eigenvalue weighted by Gasteiger charge is 2.20. The van der Waals surface area contributed by atoms with Crippen molar-refractivity contribution in [3.05, 3.63) is 58.3 Å². The van der Waals surface area contributed by atoms with E-state index in [1.165, 1.54) is 12.3 Å². The Morgan fingerprint density at radius 3 is 2.62 bits per heavy atom. The molecule has 1 aromatic carbocycles. The molecular formula is C16H16Cl2N2O.